The molecule has 112 valence electrons. The van der Waals surface area contributed by atoms with E-state index in [2.05, 4.69) is 4.72 Å². The Kier molecular flexibility index (Phi) is 4.67. The highest BCUT2D eigenvalue weighted by Gasteiger charge is 2.35. The molecule has 1 fully saturated rings. The number of methoxy groups -OCH3 is 1. The van der Waals surface area contributed by atoms with Crippen molar-refractivity contribution in [1.82, 2.24) is 4.72 Å². The van der Waals surface area contributed by atoms with Gasteiger partial charge in [0.25, 0.3) is 0 Å². The van der Waals surface area contributed by atoms with Crippen LogP contribution < -0.4 is 9.46 Å². The summed E-state index contributed by atoms with van der Waals surface area (Å²) in [6, 6.07) is 6.28. The van der Waals surface area contributed by atoms with Gasteiger partial charge < -0.3 is 9.84 Å². The maximum atomic E-state index is 12.4. The molecule has 0 saturated heterocycles. The highest BCUT2D eigenvalue weighted by molar-refractivity contribution is 7.89. The molecule has 0 heterocycles. The van der Waals surface area contributed by atoms with Crippen molar-refractivity contribution < 1.29 is 18.3 Å². The normalized spacial score (nSPS) is 23.9. The van der Waals surface area contributed by atoms with Crippen LogP contribution in [0.25, 0.3) is 0 Å². The highest BCUT2D eigenvalue weighted by atomic mass is 32.2. The van der Waals surface area contributed by atoms with Gasteiger partial charge in [-0.1, -0.05) is 13.0 Å². The van der Waals surface area contributed by atoms with Gasteiger partial charge in [0.1, 0.15) is 5.75 Å². The lowest BCUT2D eigenvalue weighted by molar-refractivity contribution is 0.0277. The van der Waals surface area contributed by atoms with Crippen molar-refractivity contribution in [1.29, 1.82) is 0 Å². The van der Waals surface area contributed by atoms with E-state index in [-0.39, 0.29) is 23.0 Å². The van der Waals surface area contributed by atoms with Gasteiger partial charge in [0, 0.05) is 12.1 Å². The summed E-state index contributed by atoms with van der Waals surface area (Å²) in [5, 5.41) is 9.35. The van der Waals surface area contributed by atoms with Gasteiger partial charge in [0.05, 0.1) is 18.1 Å². The molecule has 2 rings (SSSR count). The van der Waals surface area contributed by atoms with E-state index < -0.39 is 10.0 Å². The molecule has 0 unspecified atom stereocenters. The van der Waals surface area contributed by atoms with Gasteiger partial charge in [-0.3, -0.25) is 0 Å². The molecule has 5 nitrogen and oxygen atoms in total. The zero-order chi connectivity index (χ0) is 14.8. The zero-order valence-electron chi connectivity index (χ0n) is 11.7. The van der Waals surface area contributed by atoms with Gasteiger partial charge in [0.15, 0.2) is 0 Å². The van der Waals surface area contributed by atoms with Gasteiger partial charge >= 0.3 is 0 Å². The molecule has 2 N–H and O–H groups in total. The summed E-state index contributed by atoms with van der Waals surface area (Å²) >= 11 is 0. The van der Waals surface area contributed by atoms with E-state index >= 15 is 0 Å². The summed E-state index contributed by atoms with van der Waals surface area (Å²) in [5.74, 6) is 0.732. The summed E-state index contributed by atoms with van der Waals surface area (Å²) in [4.78, 5) is 0.204. The van der Waals surface area contributed by atoms with Crippen molar-refractivity contribution in [2.24, 2.45) is 5.92 Å². The van der Waals surface area contributed by atoms with E-state index in [4.69, 9.17) is 4.74 Å². The average molecular weight is 299 g/mol. The SMILES string of the molecule is CC[C@H](NS(=O)(=O)c1cccc(OC)c1)C1CC(O)C1. The Morgan fingerprint density at radius 1 is 1.45 bits per heavy atom. The fraction of sp³-hybridized carbons (Fsp3) is 0.571. The third kappa shape index (κ3) is 3.31. The number of benzene rings is 1. The number of ether oxygens (including phenoxy) is 1. The van der Waals surface area contributed by atoms with Crippen LogP contribution in [0.5, 0.6) is 5.75 Å². The van der Waals surface area contributed by atoms with Crippen LogP contribution in [-0.2, 0) is 10.0 Å². The molecule has 1 aromatic rings. The molecular weight excluding hydrogens is 278 g/mol. The lowest BCUT2D eigenvalue weighted by Gasteiger charge is -2.37. The number of hydrogen-bond donors (Lipinski definition) is 2. The lowest BCUT2D eigenvalue weighted by atomic mass is 9.77. The molecule has 0 spiro atoms. The van der Waals surface area contributed by atoms with Crippen LogP contribution in [0.1, 0.15) is 26.2 Å². The monoisotopic (exact) mass is 299 g/mol. The van der Waals surface area contributed by atoms with E-state index in [1.165, 1.54) is 13.2 Å². The van der Waals surface area contributed by atoms with E-state index in [1.807, 2.05) is 6.92 Å². The maximum absolute atomic E-state index is 12.4. The zero-order valence-corrected chi connectivity index (χ0v) is 12.6. The average Bonchev–Trinajstić information content (AvgIpc) is 2.41. The Morgan fingerprint density at radius 2 is 2.15 bits per heavy atom. The van der Waals surface area contributed by atoms with Gasteiger partial charge in [-0.15, -0.1) is 0 Å². The number of aliphatic hydroxyl groups excluding tert-OH is 1. The van der Waals surface area contributed by atoms with Crippen molar-refractivity contribution in [2.75, 3.05) is 7.11 Å². The first-order chi connectivity index (χ1) is 9.46. The van der Waals surface area contributed by atoms with Crippen LogP contribution in [0, 0.1) is 5.92 Å². The third-order valence-electron chi connectivity index (χ3n) is 3.82. The quantitative estimate of drug-likeness (QED) is 0.835. The van der Waals surface area contributed by atoms with Crippen LogP contribution in [0.3, 0.4) is 0 Å². The van der Waals surface area contributed by atoms with Gasteiger partial charge in [0.2, 0.25) is 10.0 Å². The fourth-order valence-corrected chi connectivity index (χ4v) is 3.93. The molecule has 1 aliphatic rings. The van der Waals surface area contributed by atoms with Crippen LogP contribution >= 0.6 is 0 Å². The molecule has 6 heteroatoms. The van der Waals surface area contributed by atoms with Gasteiger partial charge in [-0.25, -0.2) is 13.1 Å². The van der Waals surface area contributed by atoms with Crippen LogP contribution in [0.15, 0.2) is 29.2 Å². The Hall–Kier alpha value is -1.11. The topological polar surface area (TPSA) is 75.6 Å². The molecule has 1 saturated carbocycles. The summed E-state index contributed by atoms with van der Waals surface area (Å²) in [7, 11) is -2.05. The minimum Gasteiger partial charge on any atom is -0.497 e. The van der Waals surface area contributed by atoms with Gasteiger partial charge in [-0.05, 0) is 37.3 Å². The number of nitrogens with one attached hydrogen (secondary N) is 1. The van der Waals surface area contributed by atoms with Crippen LogP contribution in [0.2, 0.25) is 0 Å². The van der Waals surface area contributed by atoms with Crippen molar-refractivity contribution in [3.05, 3.63) is 24.3 Å². The molecule has 1 aliphatic carbocycles. The molecule has 0 radical (unpaired) electrons. The molecule has 20 heavy (non-hydrogen) atoms. The number of aliphatic hydroxyl groups is 1. The Labute approximate surface area is 120 Å². The number of rotatable bonds is 6. The molecular formula is C14H21NO4S. The lowest BCUT2D eigenvalue weighted by Crippen LogP contribution is -2.46. The van der Waals surface area contributed by atoms with Gasteiger partial charge in [-0.2, -0.15) is 0 Å². The molecule has 0 amide bonds. The second-order valence-corrected chi connectivity index (χ2v) is 6.91. The molecule has 1 aromatic carbocycles. The fourth-order valence-electron chi connectivity index (χ4n) is 2.51. The molecule has 0 aromatic heterocycles. The Balaban J connectivity index is 2.12. The largest absolute Gasteiger partial charge is 0.497 e. The minimum atomic E-state index is -3.55. The summed E-state index contributed by atoms with van der Waals surface area (Å²) in [6.07, 6.45) is 1.76. The molecule has 0 bridgehead atoms. The molecule has 1 atom stereocenters. The standard InChI is InChI=1S/C14H21NO4S/c1-3-14(10-7-11(16)8-10)15-20(17,18)13-6-4-5-12(9-13)19-2/h4-6,9-11,14-16H,3,7-8H2,1-2H3/t10?,11?,14-/m0/s1. The maximum Gasteiger partial charge on any atom is 0.240 e. The number of hydrogen-bond acceptors (Lipinski definition) is 4. The third-order valence-corrected chi connectivity index (χ3v) is 5.30. The summed E-state index contributed by atoms with van der Waals surface area (Å²) < 4.78 is 32.5. The first kappa shape index (κ1) is 15.3. The number of sulfonamides is 1. The van der Waals surface area contributed by atoms with Crippen LogP contribution in [0.4, 0.5) is 0 Å². The smallest absolute Gasteiger partial charge is 0.240 e. The molecule has 0 aliphatic heterocycles. The summed E-state index contributed by atoms with van der Waals surface area (Å²) in [5.41, 5.74) is 0. The van der Waals surface area contributed by atoms with E-state index in [9.17, 15) is 13.5 Å². The second-order valence-electron chi connectivity index (χ2n) is 5.20. The first-order valence-electron chi connectivity index (χ1n) is 6.80. The Morgan fingerprint density at radius 3 is 2.70 bits per heavy atom. The predicted molar refractivity (Wildman–Crippen MR) is 76.1 cm³/mol. The second kappa shape index (κ2) is 6.11. The Bertz CT molecular complexity index is 552. The minimum absolute atomic E-state index is 0.130. The van der Waals surface area contributed by atoms with Crippen molar-refractivity contribution >= 4 is 10.0 Å². The predicted octanol–water partition coefficient (Wildman–Crippen LogP) is 1.52. The highest BCUT2D eigenvalue weighted by Crippen LogP contribution is 2.32. The van der Waals surface area contributed by atoms with Crippen molar-refractivity contribution in [3.63, 3.8) is 0 Å². The van der Waals surface area contributed by atoms with Crippen molar-refractivity contribution in [2.45, 2.75) is 43.2 Å². The van der Waals surface area contributed by atoms with E-state index in [0.717, 1.165) is 0 Å². The van der Waals surface area contributed by atoms with Crippen molar-refractivity contribution in [3.8, 4) is 5.75 Å². The van der Waals surface area contributed by atoms with E-state index in [1.54, 1.807) is 18.2 Å². The van der Waals surface area contributed by atoms with E-state index in [0.29, 0.717) is 25.0 Å². The van der Waals surface area contributed by atoms with Crippen LogP contribution in [-0.4, -0.2) is 32.8 Å². The summed E-state index contributed by atoms with van der Waals surface area (Å²) in [6.45, 7) is 1.95. The first-order valence-corrected chi connectivity index (χ1v) is 8.29.